The Balaban J connectivity index is 1.92. The Labute approximate surface area is 114 Å². The summed E-state index contributed by atoms with van der Waals surface area (Å²) in [4.78, 5) is 10.4. The lowest BCUT2D eigenvalue weighted by Crippen LogP contribution is -2.27. The maximum Gasteiger partial charge on any atom is 0.106 e. The largest absolute Gasteiger partial charge is 0.346 e. The van der Waals surface area contributed by atoms with Crippen LogP contribution in [0.15, 0.2) is 18.5 Å². The minimum atomic E-state index is 0.903. The molecule has 0 bridgehead atoms. The quantitative estimate of drug-likeness (QED) is 0.829. The van der Waals surface area contributed by atoms with Crippen molar-refractivity contribution in [3.05, 3.63) is 35.7 Å². The zero-order valence-electron chi connectivity index (χ0n) is 12.1. The summed E-state index contributed by atoms with van der Waals surface area (Å²) in [5.41, 5.74) is 2.36. The number of nitrogens with zero attached hydrogens (tertiary/aromatic N) is 4. The summed E-state index contributed by atoms with van der Waals surface area (Å²) < 4.78 is 1.97. The van der Waals surface area contributed by atoms with E-state index in [1.54, 1.807) is 0 Å². The fourth-order valence-corrected chi connectivity index (χ4v) is 2.12. The van der Waals surface area contributed by atoms with Crippen LogP contribution in [0.2, 0.25) is 0 Å². The predicted octanol–water partition coefficient (Wildman–Crippen LogP) is 2.00. The van der Waals surface area contributed by atoms with Crippen LogP contribution in [-0.2, 0) is 19.5 Å². The van der Waals surface area contributed by atoms with Crippen LogP contribution in [-0.4, -0.2) is 37.7 Å². The number of imidazole rings is 1. The van der Waals surface area contributed by atoms with E-state index in [2.05, 4.69) is 40.7 Å². The molecule has 0 unspecified atom stereocenters. The van der Waals surface area contributed by atoms with Gasteiger partial charge in [0.2, 0.25) is 0 Å². The van der Waals surface area contributed by atoms with Crippen molar-refractivity contribution in [1.82, 2.24) is 24.6 Å². The third-order valence-electron chi connectivity index (χ3n) is 3.39. The predicted molar refractivity (Wildman–Crippen MR) is 75.9 cm³/mol. The molecule has 0 saturated carbocycles. The van der Waals surface area contributed by atoms with Crippen molar-refractivity contribution in [3.63, 3.8) is 0 Å². The van der Waals surface area contributed by atoms with E-state index in [-0.39, 0.29) is 0 Å². The van der Waals surface area contributed by atoms with Gasteiger partial charge < -0.3 is 4.98 Å². The Morgan fingerprint density at radius 2 is 2.21 bits per heavy atom. The molecular formula is C14H23N5. The lowest BCUT2D eigenvalue weighted by atomic mass is 10.3. The van der Waals surface area contributed by atoms with Crippen LogP contribution in [0.4, 0.5) is 0 Å². The Morgan fingerprint density at radius 1 is 1.37 bits per heavy atom. The minimum absolute atomic E-state index is 0.903. The second kappa shape index (κ2) is 6.52. The number of hydrogen-bond acceptors (Lipinski definition) is 3. The van der Waals surface area contributed by atoms with Crippen molar-refractivity contribution in [1.29, 1.82) is 0 Å². The minimum Gasteiger partial charge on any atom is -0.346 e. The van der Waals surface area contributed by atoms with E-state index in [1.165, 1.54) is 11.4 Å². The van der Waals surface area contributed by atoms with Crippen molar-refractivity contribution in [2.24, 2.45) is 0 Å². The van der Waals surface area contributed by atoms with Crippen molar-refractivity contribution in [2.75, 3.05) is 13.1 Å². The van der Waals surface area contributed by atoms with Gasteiger partial charge in [0.05, 0.1) is 12.2 Å². The number of aryl methyl sites for hydroxylation is 2. The highest BCUT2D eigenvalue weighted by Gasteiger charge is 2.10. The van der Waals surface area contributed by atoms with Gasteiger partial charge in [0.25, 0.3) is 0 Å². The topological polar surface area (TPSA) is 49.7 Å². The van der Waals surface area contributed by atoms with E-state index >= 15 is 0 Å². The Morgan fingerprint density at radius 3 is 2.79 bits per heavy atom. The molecule has 0 radical (unpaired) electrons. The second-order valence-corrected chi connectivity index (χ2v) is 4.75. The van der Waals surface area contributed by atoms with Crippen LogP contribution >= 0.6 is 0 Å². The number of aromatic amines is 1. The molecule has 5 heteroatoms. The zero-order chi connectivity index (χ0) is 13.7. The highest BCUT2D eigenvalue weighted by molar-refractivity contribution is 5.12. The monoisotopic (exact) mass is 261 g/mol. The van der Waals surface area contributed by atoms with Gasteiger partial charge in [-0.2, -0.15) is 5.10 Å². The lowest BCUT2D eigenvalue weighted by molar-refractivity contribution is 0.260. The normalized spacial score (nSPS) is 11.4. The molecule has 5 nitrogen and oxygen atoms in total. The van der Waals surface area contributed by atoms with Crippen LogP contribution in [0.1, 0.15) is 31.1 Å². The molecule has 1 N–H and O–H groups in total. The van der Waals surface area contributed by atoms with Crippen molar-refractivity contribution in [3.8, 4) is 0 Å². The van der Waals surface area contributed by atoms with Gasteiger partial charge in [0, 0.05) is 37.6 Å². The van der Waals surface area contributed by atoms with Crippen LogP contribution in [0, 0.1) is 6.92 Å². The lowest BCUT2D eigenvalue weighted by Gasteiger charge is -2.19. The molecular weight excluding hydrogens is 238 g/mol. The smallest absolute Gasteiger partial charge is 0.106 e. The third kappa shape index (κ3) is 3.67. The Hall–Kier alpha value is -1.62. The molecule has 0 saturated heterocycles. The molecule has 2 heterocycles. The molecule has 2 aromatic heterocycles. The number of aromatic nitrogens is 4. The first-order chi connectivity index (χ1) is 9.22. The Bertz CT molecular complexity index is 486. The van der Waals surface area contributed by atoms with Crippen LogP contribution in [0.3, 0.4) is 0 Å². The maximum absolute atomic E-state index is 4.64. The van der Waals surface area contributed by atoms with Crippen LogP contribution in [0.5, 0.6) is 0 Å². The van der Waals surface area contributed by atoms with Gasteiger partial charge in [-0.3, -0.25) is 9.58 Å². The molecule has 0 amide bonds. The second-order valence-electron chi connectivity index (χ2n) is 4.75. The van der Waals surface area contributed by atoms with Gasteiger partial charge in [-0.05, 0) is 19.5 Å². The molecule has 0 aliphatic carbocycles. The number of H-pyrrole nitrogens is 1. The fourth-order valence-electron chi connectivity index (χ4n) is 2.12. The zero-order valence-corrected chi connectivity index (χ0v) is 12.1. The highest BCUT2D eigenvalue weighted by Crippen LogP contribution is 2.09. The summed E-state index contributed by atoms with van der Waals surface area (Å²) in [6.45, 7) is 10.2. The summed E-state index contributed by atoms with van der Waals surface area (Å²) in [5, 5.41) is 4.23. The first-order valence-electron chi connectivity index (χ1n) is 6.97. The fraction of sp³-hybridized carbons (Fsp3) is 0.571. The van der Waals surface area contributed by atoms with Gasteiger partial charge in [-0.15, -0.1) is 0 Å². The molecule has 0 fully saturated rings. The van der Waals surface area contributed by atoms with Gasteiger partial charge in [0.15, 0.2) is 0 Å². The van der Waals surface area contributed by atoms with Crippen molar-refractivity contribution < 1.29 is 0 Å². The average Bonchev–Trinajstić information content (AvgIpc) is 3.04. The summed E-state index contributed by atoms with van der Waals surface area (Å²) in [7, 11) is 0. The van der Waals surface area contributed by atoms with Gasteiger partial charge in [-0.25, -0.2) is 4.98 Å². The molecule has 0 aliphatic heterocycles. The van der Waals surface area contributed by atoms with Gasteiger partial charge in [0.1, 0.15) is 5.82 Å². The molecule has 0 aromatic carbocycles. The maximum atomic E-state index is 4.64. The molecule has 0 aliphatic rings. The van der Waals surface area contributed by atoms with E-state index in [4.69, 9.17) is 0 Å². The molecule has 0 atom stereocenters. The molecule has 2 rings (SSSR count). The van der Waals surface area contributed by atoms with Crippen LogP contribution < -0.4 is 0 Å². The number of rotatable bonds is 7. The summed E-state index contributed by atoms with van der Waals surface area (Å²) in [5.74, 6) is 1.08. The molecule has 19 heavy (non-hydrogen) atoms. The van der Waals surface area contributed by atoms with E-state index in [9.17, 15) is 0 Å². The molecule has 2 aromatic rings. The first-order valence-corrected chi connectivity index (χ1v) is 6.97. The number of likely N-dealkylation sites (N-methyl/N-ethyl adjacent to an activating group) is 1. The van der Waals surface area contributed by atoms with Gasteiger partial charge in [-0.1, -0.05) is 13.8 Å². The van der Waals surface area contributed by atoms with E-state index < -0.39 is 0 Å². The Kier molecular flexibility index (Phi) is 4.74. The summed E-state index contributed by atoms with van der Waals surface area (Å²) in [6, 6.07) is 1.96. The van der Waals surface area contributed by atoms with Crippen LogP contribution in [0.25, 0.3) is 0 Å². The SMILES string of the molecule is CCc1nc(CN(CC)CCn2cccn2)c(C)[nH]1. The molecule has 0 spiro atoms. The van der Waals surface area contributed by atoms with Gasteiger partial charge >= 0.3 is 0 Å². The average molecular weight is 261 g/mol. The van der Waals surface area contributed by atoms with Crippen molar-refractivity contribution >= 4 is 0 Å². The summed E-state index contributed by atoms with van der Waals surface area (Å²) >= 11 is 0. The van der Waals surface area contributed by atoms with E-state index in [1.807, 2.05) is 23.1 Å². The molecule has 104 valence electrons. The highest BCUT2D eigenvalue weighted by atomic mass is 15.3. The van der Waals surface area contributed by atoms with E-state index in [0.29, 0.717) is 0 Å². The van der Waals surface area contributed by atoms with Crippen molar-refractivity contribution in [2.45, 2.75) is 40.3 Å². The number of nitrogens with one attached hydrogen (secondary N) is 1. The first kappa shape index (κ1) is 13.8. The summed E-state index contributed by atoms with van der Waals surface area (Å²) in [6.07, 6.45) is 4.78. The standard InChI is InChI=1S/C14H23N5/c1-4-14-16-12(3)13(17-14)11-18(5-2)9-10-19-8-6-7-15-19/h6-8H,4-5,9-11H2,1-3H3,(H,16,17). The number of hydrogen-bond donors (Lipinski definition) is 1. The third-order valence-corrected chi connectivity index (χ3v) is 3.39. The van der Waals surface area contributed by atoms with E-state index in [0.717, 1.165) is 38.4 Å².